The molecule has 1 aromatic rings. The quantitative estimate of drug-likeness (QED) is 0.651. The second-order valence-electron chi connectivity index (χ2n) is 3.12. The van der Waals surface area contributed by atoms with E-state index in [1.165, 1.54) is 0 Å². The molecule has 0 saturated carbocycles. The maximum atomic E-state index is 10.5. The minimum atomic E-state index is -0.0487. The van der Waals surface area contributed by atoms with Crippen LogP contribution in [0.5, 0.6) is 0 Å². The highest BCUT2D eigenvalue weighted by Gasteiger charge is 2.23. The number of aryl methyl sites for hydroxylation is 1. The molecule has 4 heteroatoms. The molecule has 0 aliphatic carbocycles. The number of ether oxygens (including phenoxy) is 1. The zero-order valence-corrected chi connectivity index (χ0v) is 7.45. The Labute approximate surface area is 75.9 Å². The van der Waals surface area contributed by atoms with Crippen LogP contribution in [-0.2, 0) is 4.74 Å². The summed E-state index contributed by atoms with van der Waals surface area (Å²) in [7, 11) is 0. The normalized spacial score (nSPS) is 22.1. The summed E-state index contributed by atoms with van der Waals surface area (Å²) in [5, 5.41) is 0. The van der Waals surface area contributed by atoms with E-state index in [-0.39, 0.29) is 6.10 Å². The van der Waals surface area contributed by atoms with Crippen LogP contribution in [0.1, 0.15) is 41.1 Å². The molecule has 0 N–H and O–H groups in total. The van der Waals surface area contributed by atoms with Gasteiger partial charge in [-0.15, -0.1) is 0 Å². The van der Waals surface area contributed by atoms with Gasteiger partial charge in [0.2, 0.25) is 5.89 Å². The van der Waals surface area contributed by atoms with Gasteiger partial charge in [-0.3, -0.25) is 4.79 Å². The van der Waals surface area contributed by atoms with Gasteiger partial charge in [0, 0.05) is 6.61 Å². The number of nitrogens with zero attached hydrogens (tertiary/aromatic N) is 1. The number of aromatic nitrogens is 1. The van der Waals surface area contributed by atoms with Crippen LogP contribution in [0, 0.1) is 6.92 Å². The summed E-state index contributed by atoms with van der Waals surface area (Å²) in [5.41, 5.74) is 0.639. The summed E-state index contributed by atoms with van der Waals surface area (Å²) >= 11 is 0. The predicted molar refractivity (Wildman–Crippen MR) is 44.6 cm³/mol. The average Bonchev–Trinajstić information content (AvgIpc) is 2.71. The SMILES string of the molecule is Cc1nc(C2CCCO2)oc1C=O. The van der Waals surface area contributed by atoms with Gasteiger partial charge in [-0.05, 0) is 19.8 Å². The van der Waals surface area contributed by atoms with Gasteiger partial charge in [0.1, 0.15) is 6.10 Å². The smallest absolute Gasteiger partial charge is 0.224 e. The lowest BCUT2D eigenvalue weighted by Crippen LogP contribution is -1.95. The molecule has 2 rings (SSSR count). The predicted octanol–water partition coefficient (Wildman–Crippen LogP) is 1.65. The van der Waals surface area contributed by atoms with Crippen LogP contribution < -0.4 is 0 Å². The molecule has 1 aliphatic rings. The minimum absolute atomic E-state index is 0.0487. The lowest BCUT2D eigenvalue weighted by atomic mass is 10.2. The third-order valence-corrected chi connectivity index (χ3v) is 2.16. The number of aldehydes is 1. The zero-order chi connectivity index (χ0) is 9.26. The summed E-state index contributed by atoms with van der Waals surface area (Å²) in [6.07, 6.45) is 2.59. The number of carbonyl (C=O) groups is 1. The van der Waals surface area contributed by atoms with Crippen molar-refractivity contribution in [2.45, 2.75) is 25.9 Å². The number of hydrogen-bond acceptors (Lipinski definition) is 4. The van der Waals surface area contributed by atoms with Crippen molar-refractivity contribution in [2.75, 3.05) is 6.61 Å². The fourth-order valence-electron chi connectivity index (χ4n) is 1.45. The summed E-state index contributed by atoms with van der Waals surface area (Å²) in [6.45, 7) is 2.51. The van der Waals surface area contributed by atoms with E-state index in [2.05, 4.69) is 4.98 Å². The third kappa shape index (κ3) is 1.49. The number of rotatable bonds is 2. The maximum Gasteiger partial charge on any atom is 0.224 e. The second kappa shape index (κ2) is 3.30. The topological polar surface area (TPSA) is 52.3 Å². The largest absolute Gasteiger partial charge is 0.435 e. The van der Waals surface area contributed by atoms with Crippen molar-refractivity contribution in [1.29, 1.82) is 0 Å². The summed E-state index contributed by atoms with van der Waals surface area (Å²) in [4.78, 5) is 14.6. The first-order chi connectivity index (χ1) is 6.31. The van der Waals surface area contributed by atoms with Crippen LogP contribution in [0.4, 0.5) is 0 Å². The number of hydrogen-bond donors (Lipinski definition) is 0. The Kier molecular flexibility index (Phi) is 2.14. The highest BCUT2D eigenvalue weighted by molar-refractivity contribution is 5.71. The first kappa shape index (κ1) is 8.44. The van der Waals surface area contributed by atoms with Crippen LogP contribution in [0.15, 0.2) is 4.42 Å². The van der Waals surface area contributed by atoms with Crippen LogP contribution in [0.2, 0.25) is 0 Å². The minimum Gasteiger partial charge on any atom is -0.435 e. The number of carbonyl (C=O) groups excluding carboxylic acids is 1. The van der Waals surface area contributed by atoms with Crippen molar-refractivity contribution in [3.8, 4) is 0 Å². The van der Waals surface area contributed by atoms with E-state index in [4.69, 9.17) is 9.15 Å². The molecule has 2 heterocycles. The molecule has 0 bridgehead atoms. The van der Waals surface area contributed by atoms with E-state index in [1.54, 1.807) is 6.92 Å². The van der Waals surface area contributed by atoms with E-state index in [0.717, 1.165) is 19.4 Å². The molecular formula is C9H11NO3. The summed E-state index contributed by atoms with van der Waals surface area (Å²) in [5.74, 6) is 0.850. The molecule has 0 spiro atoms. The third-order valence-electron chi connectivity index (χ3n) is 2.16. The molecular weight excluding hydrogens is 170 g/mol. The van der Waals surface area contributed by atoms with Crippen molar-refractivity contribution in [2.24, 2.45) is 0 Å². The van der Waals surface area contributed by atoms with E-state index in [9.17, 15) is 4.79 Å². The van der Waals surface area contributed by atoms with Gasteiger partial charge in [0.25, 0.3) is 0 Å². The zero-order valence-electron chi connectivity index (χ0n) is 7.45. The van der Waals surface area contributed by atoms with Crippen molar-refractivity contribution in [1.82, 2.24) is 4.98 Å². The fraction of sp³-hybridized carbons (Fsp3) is 0.556. The second-order valence-corrected chi connectivity index (χ2v) is 3.12. The molecule has 1 unspecified atom stereocenters. The first-order valence-corrected chi connectivity index (χ1v) is 4.35. The maximum absolute atomic E-state index is 10.5. The Morgan fingerprint density at radius 3 is 3.00 bits per heavy atom. The van der Waals surface area contributed by atoms with Gasteiger partial charge in [0.15, 0.2) is 12.0 Å². The molecule has 1 saturated heterocycles. The Balaban J connectivity index is 2.24. The Hall–Kier alpha value is -1.16. The Bertz CT molecular complexity index is 313. The van der Waals surface area contributed by atoms with Gasteiger partial charge in [-0.25, -0.2) is 4.98 Å². The molecule has 4 nitrogen and oxygen atoms in total. The van der Waals surface area contributed by atoms with Crippen molar-refractivity contribution < 1.29 is 13.9 Å². The van der Waals surface area contributed by atoms with Crippen LogP contribution >= 0.6 is 0 Å². The standard InChI is InChI=1S/C9H11NO3/c1-6-8(5-11)13-9(10-6)7-3-2-4-12-7/h5,7H,2-4H2,1H3. The van der Waals surface area contributed by atoms with Gasteiger partial charge in [-0.1, -0.05) is 0 Å². The summed E-state index contributed by atoms with van der Waals surface area (Å²) < 4.78 is 10.6. The van der Waals surface area contributed by atoms with Crippen molar-refractivity contribution >= 4 is 6.29 Å². The van der Waals surface area contributed by atoms with Crippen molar-refractivity contribution in [3.63, 3.8) is 0 Å². The molecule has 1 fully saturated rings. The molecule has 1 aliphatic heterocycles. The Morgan fingerprint density at radius 2 is 2.46 bits per heavy atom. The fourth-order valence-corrected chi connectivity index (χ4v) is 1.45. The van der Waals surface area contributed by atoms with E-state index in [1.807, 2.05) is 0 Å². The molecule has 0 radical (unpaired) electrons. The van der Waals surface area contributed by atoms with Crippen LogP contribution in [0.3, 0.4) is 0 Å². The van der Waals surface area contributed by atoms with E-state index in [0.29, 0.717) is 23.6 Å². The molecule has 1 aromatic heterocycles. The Morgan fingerprint density at radius 1 is 1.62 bits per heavy atom. The molecule has 70 valence electrons. The van der Waals surface area contributed by atoms with Gasteiger partial charge >= 0.3 is 0 Å². The average molecular weight is 181 g/mol. The van der Waals surface area contributed by atoms with Gasteiger partial charge in [-0.2, -0.15) is 0 Å². The van der Waals surface area contributed by atoms with Crippen molar-refractivity contribution in [3.05, 3.63) is 17.3 Å². The van der Waals surface area contributed by atoms with E-state index >= 15 is 0 Å². The summed E-state index contributed by atoms with van der Waals surface area (Å²) in [6, 6.07) is 0. The van der Waals surface area contributed by atoms with Gasteiger partial charge in [0.05, 0.1) is 5.69 Å². The lowest BCUT2D eigenvalue weighted by Gasteiger charge is -2.01. The monoisotopic (exact) mass is 181 g/mol. The highest BCUT2D eigenvalue weighted by atomic mass is 16.5. The molecule has 0 amide bonds. The van der Waals surface area contributed by atoms with Crippen LogP contribution in [0.25, 0.3) is 0 Å². The van der Waals surface area contributed by atoms with Gasteiger partial charge < -0.3 is 9.15 Å². The lowest BCUT2D eigenvalue weighted by molar-refractivity contribution is 0.0870. The first-order valence-electron chi connectivity index (χ1n) is 4.35. The molecule has 1 atom stereocenters. The molecule has 13 heavy (non-hydrogen) atoms. The van der Waals surface area contributed by atoms with E-state index < -0.39 is 0 Å². The van der Waals surface area contributed by atoms with Crippen LogP contribution in [-0.4, -0.2) is 17.9 Å². The molecule has 0 aromatic carbocycles. The number of oxazole rings is 1. The highest BCUT2D eigenvalue weighted by Crippen LogP contribution is 2.28.